The molecule has 1 unspecified atom stereocenters. The molecule has 0 radical (unpaired) electrons. The fourth-order valence-corrected chi connectivity index (χ4v) is 2.16. The largest absolute Gasteiger partial charge is 0.481 e. The molecule has 0 saturated heterocycles. The number of hydrogen-bond donors (Lipinski definition) is 1. The average Bonchev–Trinajstić information content (AvgIpc) is 2.37. The molecule has 1 atom stereocenters. The predicted molar refractivity (Wildman–Crippen MR) is 72.5 cm³/mol. The summed E-state index contributed by atoms with van der Waals surface area (Å²) in [5, 5.41) is 8.50. The van der Waals surface area contributed by atoms with Gasteiger partial charge in [0.25, 0.3) is 0 Å². The van der Waals surface area contributed by atoms with Crippen molar-refractivity contribution < 1.29 is 19.1 Å². The molecule has 6 heteroatoms. The first-order chi connectivity index (χ1) is 8.91. The summed E-state index contributed by atoms with van der Waals surface area (Å²) in [6.07, 6.45) is 0. The lowest BCUT2D eigenvalue weighted by Crippen LogP contribution is -2.31. The van der Waals surface area contributed by atoms with Crippen LogP contribution in [-0.4, -0.2) is 40.4 Å². The molecule has 1 amide bonds. The number of halogens is 1. The Morgan fingerprint density at radius 3 is 2.42 bits per heavy atom. The average molecular weight is 285 g/mol. The number of hydrogen-bond acceptors (Lipinski definition) is 3. The summed E-state index contributed by atoms with van der Waals surface area (Å²) in [4.78, 5) is 23.7. The number of carboxylic acid groups (broad SMARTS) is 1. The highest BCUT2D eigenvalue weighted by molar-refractivity contribution is 8.00. The molecular weight excluding hydrogens is 269 g/mol. The van der Waals surface area contributed by atoms with Gasteiger partial charge in [0.2, 0.25) is 5.91 Å². The Hall–Kier alpha value is -1.56. The van der Waals surface area contributed by atoms with E-state index in [0.29, 0.717) is 0 Å². The first kappa shape index (κ1) is 15.5. The highest BCUT2D eigenvalue weighted by Gasteiger charge is 2.17. The molecule has 0 bridgehead atoms. The van der Waals surface area contributed by atoms with Gasteiger partial charge in [-0.15, -0.1) is 11.8 Å². The van der Waals surface area contributed by atoms with E-state index in [2.05, 4.69) is 0 Å². The van der Waals surface area contributed by atoms with Crippen LogP contribution in [0.2, 0.25) is 0 Å². The van der Waals surface area contributed by atoms with Gasteiger partial charge in [-0.05, 0) is 24.6 Å². The maximum atomic E-state index is 12.8. The van der Waals surface area contributed by atoms with Crippen LogP contribution in [0.25, 0.3) is 0 Å². The molecule has 1 rings (SSSR count). The Balaban J connectivity index is 2.56. The third-order valence-electron chi connectivity index (χ3n) is 2.78. The van der Waals surface area contributed by atoms with Gasteiger partial charge in [-0.1, -0.05) is 12.1 Å². The van der Waals surface area contributed by atoms with Gasteiger partial charge in [-0.25, -0.2) is 4.39 Å². The highest BCUT2D eigenvalue weighted by atomic mass is 32.2. The van der Waals surface area contributed by atoms with Gasteiger partial charge < -0.3 is 10.0 Å². The fraction of sp³-hybridized carbons (Fsp3) is 0.385. The van der Waals surface area contributed by atoms with Crippen molar-refractivity contribution in [1.82, 2.24) is 4.90 Å². The number of thioether (sulfide) groups is 1. The van der Waals surface area contributed by atoms with Gasteiger partial charge in [0.1, 0.15) is 5.82 Å². The SMILES string of the molecule is CC(c1ccc(F)cc1)N(C)C(=O)CSCC(=O)O. The van der Waals surface area contributed by atoms with Crippen molar-refractivity contribution in [3.63, 3.8) is 0 Å². The van der Waals surface area contributed by atoms with Gasteiger partial charge in [0, 0.05) is 7.05 Å². The number of carboxylic acids is 1. The summed E-state index contributed by atoms with van der Waals surface area (Å²) in [6, 6.07) is 5.79. The smallest absolute Gasteiger partial charge is 0.313 e. The minimum absolute atomic E-state index is 0.0927. The second kappa shape index (κ2) is 7.13. The molecular formula is C13H16FNO3S. The van der Waals surface area contributed by atoms with Crippen LogP contribution < -0.4 is 0 Å². The second-order valence-electron chi connectivity index (χ2n) is 4.12. The van der Waals surface area contributed by atoms with E-state index in [1.165, 1.54) is 17.0 Å². The molecule has 0 saturated carbocycles. The van der Waals surface area contributed by atoms with Crippen LogP contribution in [0.15, 0.2) is 24.3 Å². The van der Waals surface area contributed by atoms with Gasteiger partial charge in [0.05, 0.1) is 17.5 Å². The van der Waals surface area contributed by atoms with E-state index < -0.39 is 5.97 Å². The zero-order valence-corrected chi connectivity index (χ0v) is 11.6. The van der Waals surface area contributed by atoms with E-state index in [-0.39, 0.29) is 29.3 Å². The molecule has 0 aliphatic rings. The van der Waals surface area contributed by atoms with Crippen LogP contribution in [-0.2, 0) is 9.59 Å². The quantitative estimate of drug-likeness (QED) is 0.870. The summed E-state index contributed by atoms with van der Waals surface area (Å²) < 4.78 is 12.8. The van der Waals surface area contributed by atoms with E-state index in [9.17, 15) is 14.0 Å². The van der Waals surface area contributed by atoms with Crippen molar-refractivity contribution in [2.45, 2.75) is 13.0 Å². The number of carbonyl (C=O) groups is 2. The fourth-order valence-electron chi connectivity index (χ4n) is 1.51. The van der Waals surface area contributed by atoms with Crippen LogP contribution in [0, 0.1) is 5.82 Å². The predicted octanol–water partition coefficient (Wildman–Crippen LogP) is 2.16. The second-order valence-corrected chi connectivity index (χ2v) is 5.10. The Bertz CT molecular complexity index is 450. The van der Waals surface area contributed by atoms with Crippen molar-refractivity contribution in [3.05, 3.63) is 35.6 Å². The van der Waals surface area contributed by atoms with Crippen LogP contribution in [0.3, 0.4) is 0 Å². The standard InChI is InChI=1S/C13H16FNO3S/c1-9(10-3-5-11(14)6-4-10)15(2)12(16)7-19-8-13(17)18/h3-6,9H,7-8H2,1-2H3,(H,17,18). The van der Waals surface area contributed by atoms with E-state index in [1.807, 2.05) is 6.92 Å². The first-order valence-corrected chi connectivity index (χ1v) is 6.88. The molecule has 104 valence electrons. The minimum Gasteiger partial charge on any atom is -0.481 e. The summed E-state index contributed by atoms with van der Waals surface area (Å²) >= 11 is 1.06. The summed E-state index contributed by atoms with van der Waals surface area (Å²) in [6.45, 7) is 1.84. The first-order valence-electron chi connectivity index (χ1n) is 5.72. The van der Waals surface area contributed by atoms with E-state index in [0.717, 1.165) is 17.3 Å². The van der Waals surface area contributed by atoms with Gasteiger partial charge in [0.15, 0.2) is 0 Å². The summed E-state index contributed by atoms with van der Waals surface area (Å²) in [7, 11) is 1.65. The molecule has 1 aromatic carbocycles. The number of amides is 1. The van der Waals surface area contributed by atoms with Crippen LogP contribution >= 0.6 is 11.8 Å². The van der Waals surface area contributed by atoms with E-state index in [4.69, 9.17) is 5.11 Å². The lowest BCUT2D eigenvalue weighted by Gasteiger charge is -2.25. The van der Waals surface area contributed by atoms with Gasteiger partial charge in [-0.3, -0.25) is 9.59 Å². The maximum Gasteiger partial charge on any atom is 0.313 e. The Morgan fingerprint density at radius 2 is 1.89 bits per heavy atom. The van der Waals surface area contributed by atoms with Crippen molar-refractivity contribution in [1.29, 1.82) is 0 Å². The molecule has 0 heterocycles. The molecule has 4 nitrogen and oxygen atoms in total. The highest BCUT2D eigenvalue weighted by Crippen LogP contribution is 2.19. The third kappa shape index (κ3) is 4.90. The zero-order chi connectivity index (χ0) is 14.4. The number of aliphatic carboxylic acids is 1. The zero-order valence-electron chi connectivity index (χ0n) is 10.8. The van der Waals surface area contributed by atoms with Gasteiger partial charge in [-0.2, -0.15) is 0 Å². The number of rotatable bonds is 6. The third-order valence-corrected chi connectivity index (χ3v) is 3.68. The monoisotopic (exact) mass is 285 g/mol. The van der Waals surface area contributed by atoms with Crippen molar-refractivity contribution in [2.24, 2.45) is 0 Å². The normalized spacial score (nSPS) is 11.9. The lowest BCUT2D eigenvalue weighted by molar-refractivity contribution is -0.133. The van der Waals surface area contributed by atoms with Crippen LogP contribution in [0.4, 0.5) is 4.39 Å². The molecule has 0 aliphatic carbocycles. The number of carbonyl (C=O) groups excluding carboxylic acids is 1. The van der Waals surface area contributed by atoms with Crippen molar-refractivity contribution >= 4 is 23.6 Å². The molecule has 19 heavy (non-hydrogen) atoms. The molecule has 0 fully saturated rings. The van der Waals surface area contributed by atoms with E-state index >= 15 is 0 Å². The Kier molecular flexibility index (Phi) is 5.82. The van der Waals surface area contributed by atoms with Crippen molar-refractivity contribution in [3.8, 4) is 0 Å². The minimum atomic E-state index is -0.938. The Labute approximate surface area is 115 Å². The summed E-state index contributed by atoms with van der Waals surface area (Å²) in [5.41, 5.74) is 0.834. The van der Waals surface area contributed by atoms with E-state index in [1.54, 1.807) is 19.2 Å². The molecule has 0 aliphatic heterocycles. The van der Waals surface area contributed by atoms with Crippen LogP contribution in [0.5, 0.6) is 0 Å². The van der Waals surface area contributed by atoms with Crippen molar-refractivity contribution in [2.75, 3.05) is 18.6 Å². The summed E-state index contributed by atoms with van der Waals surface area (Å²) in [5.74, 6) is -1.38. The number of benzene rings is 1. The molecule has 1 N–H and O–H groups in total. The molecule has 0 spiro atoms. The lowest BCUT2D eigenvalue weighted by atomic mass is 10.1. The van der Waals surface area contributed by atoms with Crippen LogP contribution in [0.1, 0.15) is 18.5 Å². The van der Waals surface area contributed by atoms with Gasteiger partial charge >= 0.3 is 5.97 Å². The number of nitrogens with zero attached hydrogens (tertiary/aromatic N) is 1. The molecule has 0 aromatic heterocycles. The topological polar surface area (TPSA) is 57.6 Å². The molecule has 1 aromatic rings. The Morgan fingerprint density at radius 1 is 1.32 bits per heavy atom. The maximum absolute atomic E-state index is 12.8.